The zero-order chi connectivity index (χ0) is 18.4. The molecule has 0 unspecified atom stereocenters. The number of nitrogens with one attached hydrogen (secondary N) is 3. The van der Waals surface area contributed by atoms with Crippen LogP contribution in [-0.2, 0) is 0 Å². The summed E-state index contributed by atoms with van der Waals surface area (Å²) >= 11 is 5.82. The minimum absolute atomic E-state index is 0.252. The first-order valence-corrected chi connectivity index (χ1v) is 8.28. The summed E-state index contributed by atoms with van der Waals surface area (Å²) in [6, 6.07) is 22.2. The number of para-hydroxylation sites is 1. The van der Waals surface area contributed by atoms with Gasteiger partial charge in [-0.15, -0.1) is 0 Å². The third kappa shape index (κ3) is 4.84. The molecule has 3 aromatic carbocycles. The molecule has 3 amide bonds. The van der Waals surface area contributed by atoms with Gasteiger partial charge < -0.3 is 16.0 Å². The monoisotopic (exact) mass is 365 g/mol. The topological polar surface area (TPSA) is 70.2 Å². The van der Waals surface area contributed by atoms with Gasteiger partial charge in [0, 0.05) is 27.6 Å². The first kappa shape index (κ1) is 17.5. The summed E-state index contributed by atoms with van der Waals surface area (Å²) in [6.07, 6.45) is 0. The van der Waals surface area contributed by atoms with Gasteiger partial charge in [-0.25, -0.2) is 4.79 Å². The van der Waals surface area contributed by atoms with Gasteiger partial charge in [0.25, 0.3) is 5.91 Å². The van der Waals surface area contributed by atoms with Gasteiger partial charge in [-0.2, -0.15) is 0 Å². The molecular weight excluding hydrogens is 350 g/mol. The molecule has 0 radical (unpaired) electrons. The second-order valence-corrected chi connectivity index (χ2v) is 5.92. The smallest absolute Gasteiger partial charge is 0.322 e. The van der Waals surface area contributed by atoms with Gasteiger partial charge >= 0.3 is 6.03 Å². The van der Waals surface area contributed by atoms with Crippen LogP contribution < -0.4 is 16.0 Å². The van der Waals surface area contributed by atoms with Gasteiger partial charge in [0.05, 0.1) is 0 Å². The molecule has 0 aromatic heterocycles. The Morgan fingerprint density at radius 2 is 1.27 bits per heavy atom. The number of anilines is 3. The lowest BCUT2D eigenvalue weighted by molar-refractivity contribution is 0.102. The van der Waals surface area contributed by atoms with Crippen molar-refractivity contribution in [3.05, 3.63) is 89.4 Å². The van der Waals surface area contributed by atoms with Crippen LogP contribution in [0.4, 0.5) is 21.9 Å². The minimum Gasteiger partial charge on any atom is -0.322 e. The fourth-order valence-electron chi connectivity index (χ4n) is 2.29. The zero-order valence-electron chi connectivity index (χ0n) is 13.7. The first-order chi connectivity index (χ1) is 12.6. The highest BCUT2D eigenvalue weighted by Gasteiger charge is 2.08. The second kappa shape index (κ2) is 8.18. The van der Waals surface area contributed by atoms with E-state index in [1.54, 1.807) is 60.7 Å². The Morgan fingerprint density at radius 1 is 0.654 bits per heavy atom. The summed E-state index contributed by atoms with van der Waals surface area (Å²) < 4.78 is 0. The summed E-state index contributed by atoms with van der Waals surface area (Å²) in [5.41, 5.74) is 2.27. The number of hydrogen-bond acceptors (Lipinski definition) is 2. The van der Waals surface area contributed by atoms with Gasteiger partial charge in [-0.1, -0.05) is 35.9 Å². The van der Waals surface area contributed by atoms with E-state index < -0.39 is 6.03 Å². The molecule has 3 N–H and O–H groups in total. The average molecular weight is 366 g/mol. The van der Waals surface area contributed by atoms with E-state index in [0.717, 1.165) is 0 Å². The molecule has 0 bridgehead atoms. The van der Waals surface area contributed by atoms with Gasteiger partial charge in [0.2, 0.25) is 0 Å². The summed E-state index contributed by atoms with van der Waals surface area (Å²) in [7, 11) is 0. The Balaban J connectivity index is 1.64. The van der Waals surface area contributed by atoms with Crippen LogP contribution in [0.2, 0.25) is 5.02 Å². The molecule has 0 fully saturated rings. The highest BCUT2D eigenvalue weighted by Crippen LogP contribution is 2.16. The Hall–Kier alpha value is -3.31. The molecule has 0 saturated heterocycles. The molecule has 26 heavy (non-hydrogen) atoms. The highest BCUT2D eigenvalue weighted by molar-refractivity contribution is 6.30. The second-order valence-electron chi connectivity index (χ2n) is 5.49. The van der Waals surface area contributed by atoms with E-state index in [0.29, 0.717) is 27.6 Å². The molecule has 0 aliphatic heterocycles. The van der Waals surface area contributed by atoms with E-state index in [2.05, 4.69) is 16.0 Å². The van der Waals surface area contributed by atoms with Crippen LogP contribution in [0.15, 0.2) is 78.9 Å². The molecule has 0 aliphatic carbocycles. The summed E-state index contributed by atoms with van der Waals surface area (Å²) in [4.78, 5) is 24.4. The molecule has 0 atom stereocenters. The van der Waals surface area contributed by atoms with Crippen molar-refractivity contribution in [3.8, 4) is 0 Å². The molecule has 0 heterocycles. The van der Waals surface area contributed by atoms with Crippen molar-refractivity contribution < 1.29 is 9.59 Å². The van der Waals surface area contributed by atoms with Gasteiger partial charge in [0.1, 0.15) is 0 Å². The lowest BCUT2D eigenvalue weighted by Crippen LogP contribution is -2.20. The van der Waals surface area contributed by atoms with E-state index in [4.69, 9.17) is 11.6 Å². The molecule has 0 spiro atoms. The standard InChI is InChI=1S/C20H16ClN3O2/c21-15-9-11-17(12-10-15)23-20(26)24-18-8-4-5-14(13-18)19(25)22-16-6-2-1-3-7-16/h1-13H,(H,22,25)(H2,23,24,26). The van der Waals surface area contributed by atoms with Gasteiger partial charge in [-0.05, 0) is 54.6 Å². The van der Waals surface area contributed by atoms with Crippen LogP contribution in [0, 0.1) is 0 Å². The van der Waals surface area contributed by atoms with E-state index in [1.807, 2.05) is 18.2 Å². The maximum atomic E-state index is 12.3. The molecular formula is C20H16ClN3O2. The summed E-state index contributed by atoms with van der Waals surface area (Å²) in [6.45, 7) is 0. The molecule has 3 rings (SSSR count). The van der Waals surface area contributed by atoms with Crippen LogP contribution >= 0.6 is 11.6 Å². The molecule has 130 valence electrons. The van der Waals surface area contributed by atoms with Crippen molar-refractivity contribution in [1.29, 1.82) is 0 Å². The van der Waals surface area contributed by atoms with Crippen molar-refractivity contribution in [2.45, 2.75) is 0 Å². The van der Waals surface area contributed by atoms with Crippen molar-refractivity contribution in [2.24, 2.45) is 0 Å². The Labute approximate surface area is 156 Å². The molecule has 6 heteroatoms. The summed E-state index contributed by atoms with van der Waals surface area (Å²) in [5, 5.41) is 8.79. The molecule has 5 nitrogen and oxygen atoms in total. The van der Waals surface area contributed by atoms with Crippen molar-refractivity contribution >= 4 is 40.6 Å². The van der Waals surface area contributed by atoms with E-state index in [1.165, 1.54) is 0 Å². The molecule has 0 saturated carbocycles. The number of benzene rings is 3. The number of hydrogen-bond donors (Lipinski definition) is 3. The number of rotatable bonds is 4. The van der Waals surface area contributed by atoms with Crippen LogP contribution in [0.5, 0.6) is 0 Å². The van der Waals surface area contributed by atoms with Crippen LogP contribution in [0.25, 0.3) is 0 Å². The van der Waals surface area contributed by atoms with Crippen LogP contribution in [0.1, 0.15) is 10.4 Å². The highest BCUT2D eigenvalue weighted by atomic mass is 35.5. The number of halogens is 1. The first-order valence-electron chi connectivity index (χ1n) is 7.90. The largest absolute Gasteiger partial charge is 0.323 e. The SMILES string of the molecule is O=C(Nc1ccc(Cl)cc1)Nc1cccc(C(=O)Nc2ccccc2)c1. The Morgan fingerprint density at radius 3 is 2.00 bits per heavy atom. The van der Waals surface area contributed by atoms with Crippen molar-refractivity contribution in [1.82, 2.24) is 0 Å². The number of urea groups is 1. The van der Waals surface area contributed by atoms with Crippen molar-refractivity contribution in [2.75, 3.05) is 16.0 Å². The fourth-order valence-corrected chi connectivity index (χ4v) is 2.42. The summed E-state index contributed by atoms with van der Waals surface area (Å²) in [5.74, 6) is -0.252. The van der Waals surface area contributed by atoms with Crippen LogP contribution in [-0.4, -0.2) is 11.9 Å². The Kier molecular flexibility index (Phi) is 5.51. The van der Waals surface area contributed by atoms with Gasteiger partial charge in [0.15, 0.2) is 0 Å². The van der Waals surface area contributed by atoms with Crippen LogP contribution in [0.3, 0.4) is 0 Å². The van der Waals surface area contributed by atoms with Crippen molar-refractivity contribution in [3.63, 3.8) is 0 Å². The lowest BCUT2D eigenvalue weighted by Gasteiger charge is -2.10. The maximum absolute atomic E-state index is 12.3. The fraction of sp³-hybridized carbons (Fsp3) is 0. The lowest BCUT2D eigenvalue weighted by atomic mass is 10.2. The van der Waals surface area contributed by atoms with E-state index in [-0.39, 0.29) is 5.91 Å². The zero-order valence-corrected chi connectivity index (χ0v) is 14.5. The normalized spacial score (nSPS) is 10.0. The van der Waals surface area contributed by atoms with E-state index in [9.17, 15) is 9.59 Å². The average Bonchev–Trinajstić information content (AvgIpc) is 2.64. The number of carbonyl (C=O) groups excluding carboxylic acids is 2. The minimum atomic E-state index is -0.409. The molecule has 0 aliphatic rings. The third-order valence-electron chi connectivity index (χ3n) is 3.52. The Bertz CT molecular complexity index is 912. The molecule has 3 aromatic rings. The van der Waals surface area contributed by atoms with Gasteiger partial charge in [-0.3, -0.25) is 4.79 Å². The number of carbonyl (C=O) groups is 2. The quantitative estimate of drug-likeness (QED) is 0.592. The predicted octanol–water partition coefficient (Wildman–Crippen LogP) is 5.24. The maximum Gasteiger partial charge on any atom is 0.323 e. The third-order valence-corrected chi connectivity index (χ3v) is 3.77. The predicted molar refractivity (Wildman–Crippen MR) is 105 cm³/mol. The number of amides is 3. The van der Waals surface area contributed by atoms with E-state index >= 15 is 0 Å².